The van der Waals surface area contributed by atoms with Crippen LogP contribution in [0.3, 0.4) is 0 Å². The Bertz CT molecular complexity index is 334. The first-order chi connectivity index (χ1) is 9.76. The van der Waals surface area contributed by atoms with Crippen molar-refractivity contribution in [1.82, 2.24) is 0 Å². The van der Waals surface area contributed by atoms with Gasteiger partial charge in [-0.05, 0) is 43.9 Å². The Morgan fingerprint density at radius 3 is 2.90 bits per heavy atom. The highest BCUT2D eigenvalue weighted by molar-refractivity contribution is 5.07. The molecule has 1 fully saturated rings. The fourth-order valence-electron chi connectivity index (χ4n) is 3.32. The van der Waals surface area contributed by atoms with E-state index in [0.717, 1.165) is 25.2 Å². The molecule has 2 rings (SSSR count). The van der Waals surface area contributed by atoms with Crippen LogP contribution in [-0.4, -0.2) is 23.4 Å². The third-order valence-corrected chi connectivity index (χ3v) is 4.64. The van der Waals surface area contributed by atoms with E-state index < -0.39 is 0 Å². The fourth-order valence-corrected chi connectivity index (χ4v) is 3.32. The third kappa shape index (κ3) is 4.46. The summed E-state index contributed by atoms with van der Waals surface area (Å²) in [4.78, 5) is 0. The van der Waals surface area contributed by atoms with Gasteiger partial charge >= 0.3 is 0 Å². The molecule has 0 heterocycles. The normalized spacial score (nSPS) is 32.5. The summed E-state index contributed by atoms with van der Waals surface area (Å²) in [6.07, 6.45) is 16.4. The molecule has 0 aromatic carbocycles. The summed E-state index contributed by atoms with van der Waals surface area (Å²) in [5.74, 6) is 1.22. The molecule has 2 nitrogen and oxygen atoms in total. The molecule has 5 unspecified atom stereocenters. The first-order valence-electron chi connectivity index (χ1n) is 8.43. The zero-order valence-electron chi connectivity index (χ0n) is 13.0. The van der Waals surface area contributed by atoms with Crippen molar-refractivity contribution in [1.29, 1.82) is 0 Å². The number of aliphatic hydroxyl groups excluding tert-OH is 1. The molecule has 5 atom stereocenters. The Kier molecular flexibility index (Phi) is 6.31. The van der Waals surface area contributed by atoms with E-state index in [-0.39, 0.29) is 18.3 Å². The maximum atomic E-state index is 10.5. The molecular weight excluding hydrogens is 248 g/mol. The van der Waals surface area contributed by atoms with Gasteiger partial charge in [0.2, 0.25) is 0 Å². The minimum Gasteiger partial charge on any atom is -0.390 e. The predicted octanol–water partition coefficient (Wildman–Crippen LogP) is 4.24. The topological polar surface area (TPSA) is 29.5 Å². The highest BCUT2D eigenvalue weighted by Crippen LogP contribution is 2.46. The van der Waals surface area contributed by atoms with Crippen molar-refractivity contribution >= 4 is 0 Å². The van der Waals surface area contributed by atoms with Crippen molar-refractivity contribution in [3.63, 3.8) is 0 Å². The fraction of sp³-hybridized carbons (Fsp3) is 0.778. The van der Waals surface area contributed by atoms with E-state index in [1.165, 1.54) is 25.7 Å². The van der Waals surface area contributed by atoms with Crippen LogP contribution in [0, 0.1) is 11.8 Å². The lowest BCUT2D eigenvalue weighted by Gasteiger charge is -2.27. The van der Waals surface area contributed by atoms with E-state index in [2.05, 4.69) is 38.2 Å². The largest absolute Gasteiger partial charge is 0.390 e. The quantitative estimate of drug-likeness (QED) is 0.754. The van der Waals surface area contributed by atoms with Gasteiger partial charge in [-0.2, -0.15) is 0 Å². The molecule has 2 heteroatoms. The monoisotopic (exact) mass is 278 g/mol. The number of hydrogen-bond acceptors (Lipinski definition) is 2. The van der Waals surface area contributed by atoms with Gasteiger partial charge in [0.1, 0.15) is 0 Å². The predicted molar refractivity (Wildman–Crippen MR) is 83.6 cm³/mol. The van der Waals surface area contributed by atoms with Gasteiger partial charge in [-0.3, -0.25) is 0 Å². The molecule has 2 aliphatic rings. The Hall–Kier alpha value is -0.600. The molecule has 0 aliphatic heterocycles. The summed E-state index contributed by atoms with van der Waals surface area (Å²) in [6.45, 7) is 4.35. The van der Waals surface area contributed by atoms with Crippen LogP contribution in [0.15, 0.2) is 24.3 Å². The Morgan fingerprint density at radius 1 is 1.30 bits per heavy atom. The molecule has 0 amide bonds. The third-order valence-electron chi connectivity index (χ3n) is 4.64. The zero-order valence-corrected chi connectivity index (χ0v) is 13.0. The van der Waals surface area contributed by atoms with Gasteiger partial charge in [0.15, 0.2) is 0 Å². The lowest BCUT2D eigenvalue weighted by Crippen LogP contribution is -2.34. The highest BCUT2D eigenvalue weighted by Gasteiger charge is 2.44. The number of ether oxygens (including phenoxy) is 1. The molecule has 0 bridgehead atoms. The second kappa shape index (κ2) is 7.99. The molecule has 0 aromatic heterocycles. The van der Waals surface area contributed by atoms with E-state index >= 15 is 0 Å². The molecule has 20 heavy (non-hydrogen) atoms. The highest BCUT2D eigenvalue weighted by atomic mass is 16.5. The van der Waals surface area contributed by atoms with Gasteiger partial charge < -0.3 is 9.84 Å². The van der Waals surface area contributed by atoms with Crippen molar-refractivity contribution in [2.24, 2.45) is 11.8 Å². The van der Waals surface area contributed by atoms with Crippen LogP contribution >= 0.6 is 0 Å². The second-order valence-corrected chi connectivity index (χ2v) is 6.30. The van der Waals surface area contributed by atoms with E-state index in [4.69, 9.17) is 4.74 Å². The maximum absolute atomic E-state index is 10.5. The summed E-state index contributed by atoms with van der Waals surface area (Å²) in [5, 5.41) is 10.5. The van der Waals surface area contributed by atoms with Crippen molar-refractivity contribution in [2.45, 2.75) is 77.1 Å². The molecule has 1 N–H and O–H groups in total. The van der Waals surface area contributed by atoms with E-state index in [1.807, 2.05) is 0 Å². The molecule has 0 saturated heterocycles. The lowest BCUT2D eigenvalue weighted by molar-refractivity contribution is -0.0744. The smallest absolute Gasteiger partial charge is 0.0842 e. The van der Waals surface area contributed by atoms with Crippen molar-refractivity contribution in [2.75, 3.05) is 0 Å². The molecular formula is C18H30O2. The van der Waals surface area contributed by atoms with Crippen molar-refractivity contribution in [3.8, 4) is 0 Å². The van der Waals surface area contributed by atoms with Gasteiger partial charge in [0.05, 0.1) is 18.3 Å². The summed E-state index contributed by atoms with van der Waals surface area (Å²) < 4.78 is 6.19. The first-order valence-corrected chi connectivity index (χ1v) is 8.43. The van der Waals surface area contributed by atoms with Crippen LogP contribution in [0.4, 0.5) is 0 Å². The Labute approximate surface area is 123 Å². The molecule has 114 valence electrons. The maximum Gasteiger partial charge on any atom is 0.0842 e. The Morgan fingerprint density at radius 2 is 2.15 bits per heavy atom. The molecule has 0 radical (unpaired) electrons. The first kappa shape index (κ1) is 15.8. The summed E-state index contributed by atoms with van der Waals surface area (Å²) in [6, 6.07) is 0. The van der Waals surface area contributed by atoms with Crippen LogP contribution in [0.2, 0.25) is 0 Å². The van der Waals surface area contributed by atoms with Gasteiger partial charge in [-0.15, -0.1) is 0 Å². The molecule has 2 aliphatic carbocycles. The van der Waals surface area contributed by atoms with Crippen LogP contribution in [0.5, 0.6) is 0 Å². The summed E-state index contributed by atoms with van der Waals surface area (Å²) in [5.41, 5.74) is 0. The van der Waals surface area contributed by atoms with Gasteiger partial charge in [-0.1, -0.05) is 51.0 Å². The van der Waals surface area contributed by atoms with Crippen LogP contribution in [-0.2, 0) is 4.74 Å². The van der Waals surface area contributed by atoms with E-state index in [0.29, 0.717) is 5.92 Å². The van der Waals surface area contributed by atoms with Crippen LogP contribution in [0.1, 0.15) is 58.8 Å². The average molecular weight is 278 g/mol. The summed E-state index contributed by atoms with van der Waals surface area (Å²) >= 11 is 0. The van der Waals surface area contributed by atoms with Crippen molar-refractivity contribution in [3.05, 3.63) is 24.3 Å². The van der Waals surface area contributed by atoms with Crippen LogP contribution in [0.25, 0.3) is 0 Å². The molecule has 0 aromatic rings. The summed E-state index contributed by atoms with van der Waals surface area (Å²) in [7, 11) is 0. The van der Waals surface area contributed by atoms with Gasteiger partial charge in [0, 0.05) is 0 Å². The number of aliphatic hydroxyl groups is 1. The number of hydrogen-bond donors (Lipinski definition) is 1. The minimum atomic E-state index is -0.272. The lowest BCUT2D eigenvalue weighted by atomic mass is 10.0. The SMILES string of the molecule is CCCC1CC1C(O)C(CC)OC1C=CC=CCCC1. The van der Waals surface area contributed by atoms with Crippen molar-refractivity contribution < 1.29 is 9.84 Å². The van der Waals surface area contributed by atoms with Crippen LogP contribution < -0.4 is 0 Å². The Balaban J connectivity index is 1.85. The molecule has 1 saturated carbocycles. The van der Waals surface area contributed by atoms with E-state index in [1.54, 1.807) is 0 Å². The molecule has 0 spiro atoms. The second-order valence-electron chi connectivity index (χ2n) is 6.30. The average Bonchev–Trinajstić information content (AvgIpc) is 3.17. The number of rotatable bonds is 7. The minimum absolute atomic E-state index is 0.0000813. The van der Waals surface area contributed by atoms with Gasteiger partial charge in [-0.25, -0.2) is 0 Å². The zero-order chi connectivity index (χ0) is 14.4. The van der Waals surface area contributed by atoms with E-state index in [9.17, 15) is 5.11 Å². The standard InChI is InChI=1S/C18H30O2/c1-3-10-14-13-16(14)18(19)17(4-2)20-15-11-8-6-5-7-9-12-15/h5-6,8,11,14-19H,3-4,7,9-10,12-13H2,1-2H3. The van der Waals surface area contributed by atoms with Gasteiger partial charge in [0.25, 0.3) is 0 Å². The number of allylic oxidation sites excluding steroid dienone is 3.